The molecule has 0 fully saturated rings. The van der Waals surface area contributed by atoms with Gasteiger partial charge in [-0.05, 0) is 18.1 Å². The predicted molar refractivity (Wildman–Crippen MR) is 63.6 cm³/mol. The van der Waals surface area contributed by atoms with Crippen LogP contribution >= 0.6 is 0 Å². The Hall–Kier alpha value is -1.31. The van der Waals surface area contributed by atoms with E-state index in [1.807, 2.05) is 45.0 Å². The van der Waals surface area contributed by atoms with Crippen molar-refractivity contribution < 1.29 is 9.53 Å². The van der Waals surface area contributed by atoms with Gasteiger partial charge in [0.25, 0.3) is 0 Å². The molecule has 0 bridgehead atoms. The van der Waals surface area contributed by atoms with Crippen LogP contribution in [0.25, 0.3) is 0 Å². The Balaban J connectivity index is 2.17. The Morgan fingerprint density at radius 1 is 1.31 bits per heavy atom. The van der Waals surface area contributed by atoms with Gasteiger partial charge in [0.1, 0.15) is 11.5 Å². The van der Waals surface area contributed by atoms with E-state index in [1.54, 1.807) is 0 Å². The lowest BCUT2D eigenvalue weighted by Crippen LogP contribution is -2.35. The first-order chi connectivity index (χ1) is 7.48. The first kappa shape index (κ1) is 11.2. The maximum Gasteiger partial charge on any atom is 0.145 e. The van der Waals surface area contributed by atoms with E-state index < -0.39 is 0 Å². The molecule has 2 rings (SSSR count). The number of Topliss-reactive ketones (excluding diaryl/α,β-unsaturated/α-hetero) is 1. The van der Waals surface area contributed by atoms with Gasteiger partial charge in [-0.2, -0.15) is 0 Å². The lowest BCUT2D eigenvalue weighted by molar-refractivity contribution is -0.131. The lowest BCUT2D eigenvalue weighted by Gasteiger charge is -2.29. The van der Waals surface area contributed by atoms with Gasteiger partial charge >= 0.3 is 0 Å². The molecule has 0 saturated heterocycles. The summed E-state index contributed by atoms with van der Waals surface area (Å²) in [5, 5.41) is 0. The number of benzene rings is 1. The fraction of sp³-hybridized carbons (Fsp3) is 0.500. The van der Waals surface area contributed by atoms with Crippen LogP contribution < -0.4 is 4.74 Å². The highest BCUT2D eigenvalue weighted by atomic mass is 16.5. The first-order valence-electron chi connectivity index (χ1n) is 5.73. The minimum absolute atomic E-state index is 0.00917. The second kappa shape index (κ2) is 3.93. The fourth-order valence-corrected chi connectivity index (χ4v) is 2.11. The number of para-hydroxylation sites is 1. The zero-order valence-electron chi connectivity index (χ0n) is 10.1. The number of hydrogen-bond acceptors (Lipinski definition) is 2. The predicted octanol–water partition coefficient (Wildman–Crippen LogP) is 2.85. The van der Waals surface area contributed by atoms with Crippen molar-refractivity contribution in [3.8, 4) is 5.75 Å². The van der Waals surface area contributed by atoms with Gasteiger partial charge in [-0.1, -0.05) is 39.0 Å². The highest BCUT2D eigenvalue weighted by Crippen LogP contribution is 2.30. The van der Waals surface area contributed by atoms with Crippen LogP contribution in [0.4, 0.5) is 0 Å². The molecule has 0 N–H and O–H groups in total. The zero-order valence-corrected chi connectivity index (χ0v) is 10.1. The summed E-state index contributed by atoms with van der Waals surface area (Å²) in [6.07, 6.45) is 0.812. The Bertz CT molecular complexity index is 401. The second-order valence-corrected chi connectivity index (χ2v) is 5.43. The molecule has 0 radical (unpaired) electrons. The van der Waals surface area contributed by atoms with Gasteiger partial charge in [0.05, 0.1) is 12.5 Å². The van der Waals surface area contributed by atoms with Crippen LogP contribution in [0.1, 0.15) is 26.3 Å². The second-order valence-electron chi connectivity index (χ2n) is 5.43. The third kappa shape index (κ3) is 2.11. The molecule has 1 aliphatic heterocycles. The summed E-state index contributed by atoms with van der Waals surface area (Å²) in [5.74, 6) is 1.23. The molecule has 0 aromatic heterocycles. The quantitative estimate of drug-likeness (QED) is 0.724. The normalized spacial score (nSPS) is 19.8. The average Bonchev–Trinajstić information content (AvgIpc) is 2.26. The molecule has 0 aliphatic carbocycles. The Morgan fingerprint density at radius 3 is 2.69 bits per heavy atom. The topological polar surface area (TPSA) is 26.3 Å². The summed E-state index contributed by atoms with van der Waals surface area (Å²) in [6.45, 7) is 6.43. The van der Waals surface area contributed by atoms with Crippen LogP contribution in [-0.2, 0) is 11.2 Å². The maximum atomic E-state index is 12.1. The van der Waals surface area contributed by atoms with Crippen molar-refractivity contribution in [2.24, 2.45) is 11.3 Å². The van der Waals surface area contributed by atoms with Crippen molar-refractivity contribution >= 4 is 5.78 Å². The van der Waals surface area contributed by atoms with Gasteiger partial charge in [0, 0.05) is 5.41 Å². The molecule has 1 heterocycles. The minimum atomic E-state index is -0.277. The molecule has 0 amide bonds. The van der Waals surface area contributed by atoms with Crippen molar-refractivity contribution in [1.82, 2.24) is 0 Å². The van der Waals surface area contributed by atoms with Gasteiger partial charge < -0.3 is 4.74 Å². The summed E-state index contributed by atoms with van der Waals surface area (Å²) in [5.41, 5.74) is 0.872. The smallest absolute Gasteiger partial charge is 0.145 e. The number of fused-ring (bicyclic) bond motifs is 1. The lowest BCUT2D eigenvalue weighted by atomic mass is 9.80. The number of hydrogen-bond donors (Lipinski definition) is 0. The molecule has 1 atom stereocenters. The third-order valence-electron chi connectivity index (χ3n) is 2.99. The number of carbonyl (C=O) groups is 1. The van der Waals surface area contributed by atoms with Crippen LogP contribution in [0.5, 0.6) is 5.75 Å². The van der Waals surface area contributed by atoms with Gasteiger partial charge in [-0.3, -0.25) is 4.79 Å². The monoisotopic (exact) mass is 218 g/mol. The summed E-state index contributed by atoms with van der Waals surface area (Å²) in [7, 11) is 0. The van der Waals surface area contributed by atoms with Crippen LogP contribution in [0.2, 0.25) is 0 Å². The molecule has 1 aromatic rings. The van der Waals surface area contributed by atoms with Crippen LogP contribution in [-0.4, -0.2) is 12.4 Å². The van der Waals surface area contributed by atoms with Crippen LogP contribution in [0.3, 0.4) is 0 Å². The summed E-state index contributed by atoms with van der Waals surface area (Å²) >= 11 is 0. The SMILES string of the molecule is CC(C)(C)C(=O)C1COc2ccccc2C1. The zero-order chi connectivity index (χ0) is 11.8. The molecular weight excluding hydrogens is 200 g/mol. The molecule has 2 heteroatoms. The van der Waals surface area contributed by atoms with E-state index >= 15 is 0 Å². The van der Waals surface area contributed by atoms with E-state index in [0.29, 0.717) is 12.4 Å². The third-order valence-corrected chi connectivity index (χ3v) is 2.99. The maximum absolute atomic E-state index is 12.1. The molecule has 2 nitrogen and oxygen atoms in total. The van der Waals surface area contributed by atoms with Gasteiger partial charge in [0.2, 0.25) is 0 Å². The summed E-state index contributed by atoms with van der Waals surface area (Å²) < 4.78 is 5.63. The molecule has 16 heavy (non-hydrogen) atoms. The number of ketones is 1. The summed E-state index contributed by atoms with van der Waals surface area (Å²) in [6, 6.07) is 7.96. The summed E-state index contributed by atoms with van der Waals surface area (Å²) in [4.78, 5) is 12.1. The van der Waals surface area contributed by atoms with Crippen molar-refractivity contribution in [1.29, 1.82) is 0 Å². The van der Waals surface area contributed by atoms with Crippen molar-refractivity contribution in [3.63, 3.8) is 0 Å². The minimum Gasteiger partial charge on any atom is -0.493 e. The van der Waals surface area contributed by atoms with Crippen LogP contribution in [0, 0.1) is 11.3 Å². The van der Waals surface area contributed by atoms with E-state index in [2.05, 4.69) is 0 Å². The highest BCUT2D eigenvalue weighted by molar-refractivity contribution is 5.86. The van der Waals surface area contributed by atoms with Gasteiger partial charge in [0.15, 0.2) is 0 Å². The number of ether oxygens (including phenoxy) is 1. The molecular formula is C14H18O2. The first-order valence-corrected chi connectivity index (χ1v) is 5.73. The Kier molecular flexibility index (Phi) is 2.75. The van der Waals surface area contributed by atoms with E-state index in [0.717, 1.165) is 17.7 Å². The molecule has 0 spiro atoms. The van der Waals surface area contributed by atoms with E-state index in [1.165, 1.54) is 0 Å². The highest BCUT2D eigenvalue weighted by Gasteiger charge is 2.32. The van der Waals surface area contributed by atoms with Crippen molar-refractivity contribution in [2.75, 3.05) is 6.61 Å². The van der Waals surface area contributed by atoms with Crippen molar-refractivity contribution in [3.05, 3.63) is 29.8 Å². The van der Waals surface area contributed by atoms with Gasteiger partial charge in [-0.25, -0.2) is 0 Å². The fourth-order valence-electron chi connectivity index (χ4n) is 2.11. The van der Waals surface area contributed by atoms with E-state index in [4.69, 9.17) is 4.74 Å². The molecule has 0 saturated carbocycles. The molecule has 1 unspecified atom stereocenters. The van der Waals surface area contributed by atoms with E-state index in [-0.39, 0.29) is 11.3 Å². The molecule has 1 aromatic carbocycles. The van der Waals surface area contributed by atoms with Crippen molar-refractivity contribution in [2.45, 2.75) is 27.2 Å². The van der Waals surface area contributed by atoms with Gasteiger partial charge in [-0.15, -0.1) is 0 Å². The Labute approximate surface area is 96.6 Å². The number of rotatable bonds is 1. The molecule has 1 aliphatic rings. The largest absolute Gasteiger partial charge is 0.493 e. The number of carbonyl (C=O) groups excluding carboxylic acids is 1. The average molecular weight is 218 g/mol. The van der Waals surface area contributed by atoms with E-state index in [9.17, 15) is 4.79 Å². The standard InChI is InChI=1S/C14H18O2/c1-14(2,3)13(15)11-8-10-6-4-5-7-12(10)16-9-11/h4-7,11H,8-9H2,1-3H3. The Morgan fingerprint density at radius 2 is 2.00 bits per heavy atom. The molecule has 86 valence electrons. The van der Waals surface area contributed by atoms with Crippen LogP contribution in [0.15, 0.2) is 24.3 Å².